The van der Waals surface area contributed by atoms with E-state index in [9.17, 15) is 0 Å². The van der Waals surface area contributed by atoms with Crippen LogP contribution in [-0.2, 0) is 6.42 Å². The van der Waals surface area contributed by atoms with Crippen molar-refractivity contribution in [1.29, 1.82) is 0 Å². The largest absolute Gasteiger partial charge is 0.357 e. The van der Waals surface area contributed by atoms with E-state index in [-0.39, 0.29) is 0 Å². The minimum absolute atomic E-state index is 0.537. The quantitative estimate of drug-likeness (QED) is 0.872. The minimum Gasteiger partial charge on any atom is -0.357 e. The van der Waals surface area contributed by atoms with Crippen LogP contribution in [0.15, 0.2) is 18.2 Å². The summed E-state index contributed by atoms with van der Waals surface area (Å²) in [4.78, 5) is 6.24. The Morgan fingerprint density at radius 1 is 1.37 bits per heavy atom. The molecule has 1 aromatic heterocycles. The standard InChI is InChI=1S/C16H21ClN2/c1-3-8-19-9-7-12-13-10-11(17)5-6-14(13)18-16(12)15(19)4-2/h5-6,10,15,18H,3-4,7-9H2,1-2H3. The number of rotatable bonds is 3. The van der Waals surface area contributed by atoms with Crippen molar-refractivity contribution in [3.63, 3.8) is 0 Å². The molecular weight excluding hydrogens is 256 g/mol. The zero-order chi connectivity index (χ0) is 13.4. The predicted octanol–water partition coefficient (Wildman–Crippen LogP) is 4.54. The SMILES string of the molecule is CCCN1CCc2c([nH]c3ccc(Cl)cc23)C1CC. The number of fused-ring (bicyclic) bond motifs is 3. The van der Waals surface area contributed by atoms with E-state index in [2.05, 4.69) is 35.9 Å². The molecule has 0 saturated heterocycles. The molecule has 0 amide bonds. The van der Waals surface area contributed by atoms with Crippen LogP contribution in [0.4, 0.5) is 0 Å². The fourth-order valence-electron chi connectivity index (χ4n) is 3.41. The van der Waals surface area contributed by atoms with E-state index in [1.807, 2.05) is 6.07 Å². The first-order valence-corrected chi connectivity index (χ1v) is 7.66. The Balaban J connectivity index is 2.09. The van der Waals surface area contributed by atoms with Crippen LogP contribution in [0.25, 0.3) is 10.9 Å². The second-order valence-corrected chi connectivity index (χ2v) is 5.85. The molecule has 1 atom stereocenters. The van der Waals surface area contributed by atoms with Crippen LogP contribution < -0.4 is 0 Å². The van der Waals surface area contributed by atoms with Crippen molar-refractivity contribution in [2.45, 2.75) is 39.2 Å². The summed E-state index contributed by atoms with van der Waals surface area (Å²) in [6.07, 6.45) is 3.51. The van der Waals surface area contributed by atoms with Crippen molar-refractivity contribution in [2.24, 2.45) is 0 Å². The summed E-state index contributed by atoms with van der Waals surface area (Å²) >= 11 is 6.14. The highest BCUT2D eigenvalue weighted by Crippen LogP contribution is 2.36. The lowest BCUT2D eigenvalue weighted by atomic mass is 9.95. The number of nitrogens with zero attached hydrogens (tertiary/aromatic N) is 1. The van der Waals surface area contributed by atoms with Gasteiger partial charge in [0, 0.05) is 34.2 Å². The average Bonchev–Trinajstić information content (AvgIpc) is 2.77. The number of aromatic nitrogens is 1. The van der Waals surface area contributed by atoms with Crippen LogP contribution >= 0.6 is 11.6 Å². The third-order valence-electron chi connectivity index (χ3n) is 4.22. The van der Waals surface area contributed by atoms with E-state index in [1.54, 1.807) is 0 Å². The van der Waals surface area contributed by atoms with Crippen molar-refractivity contribution in [3.8, 4) is 0 Å². The average molecular weight is 277 g/mol. The molecular formula is C16H21ClN2. The maximum Gasteiger partial charge on any atom is 0.0499 e. The van der Waals surface area contributed by atoms with Crippen molar-refractivity contribution < 1.29 is 0 Å². The zero-order valence-corrected chi connectivity index (χ0v) is 12.4. The molecule has 1 unspecified atom stereocenters. The number of hydrogen-bond acceptors (Lipinski definition) is 1. The lowest BCUT2D eigenvalue weighted by Gasteiger charge is -2.35. The highest BCUT2D eigenvalue weighted by Gasteiger charge is 2.28. The molecule has 19 heavy (non-hydrogen) atoms. The third-order valence-corrected chi connectivity index (χ3v) is 4.46. The number of nitrogens with one attached hydrogen (secondary N) is 1. The summed E-state index contributed by atoms with van der Waals surface area (Å²) < 4.78 is 0. The van der Waals surface area contributed by atoms with E-state index in [1.165, 1.54) is 41.7 Å². The Hall–Kier alpha value is -0.990. The molecule has 0 radical (unpaired) electrons. The molecule has 2 heterocycles. The fourth-order valence-corrected chi connectivity index (χ4v) is 3.58. The van der Waals surface area contributed by atoms with Gasteiger partial charge in [-0.2, -0.15) is 0 Å². The Morgan fingerprint density at radius 3 is 2.95 bits per heavy atom. The molecule has 2 nitrogen and oxygen atoms in total. The molecule has 2 aromatic rings. The molecule has 1 aliphatic rings. The molecule has 102 valence electrons. The Labute approximate surface area is 119 Å². The second kappa shape index (κ2) is 5.18. The Bertz CT molecular complexity index is 588. The summed E-state index contributed by atoms with van der Waals surface area (Å²) in [5, 5.41) is 2.15. The topological polar surface area (TPSA) is 19.0 Å². The van der Waals surface area contributed by atoms with Gasteiger partial charge in [-0.15, -0.1) is 0 Å². The van der Waals surface area contributed by atoms with Gasteiger partial charge in [0.1, 0.15) is 0 Å². The molecule has 1 N–H and O–H groups in total. The van der Waals surface area contributed by atoms with Crippen LogP contribution in [-0.4, -0.2) is 23.0 Å². The van der Waals surface area contributed by atoms with Gasteiger partial charge in [0.2, 0.25) is 0 Å². The lowest BCUT2D eigenvalue weighted by Crippen LogP contribution is -2.35. The van der Waals surface area contributed by atoms with E-state index in [0.717, 1.165) is 17.9 Å². The van der Waals surface area contributed by atoms with E-state index in [4.69, 9.17) is 11.6 Å². The van der Waals surface area contributed by atoms with Crippen molar-refractivity contribution in [1.82, 2.24) is 9.88 Å². The van der Waals surface area contributed by atoms with Crippen LogP contribution in [0.3, 0.4) is 0 Å². The third kappa shape index (κ3) is 2.17. The van der Waals surface area contributed by atoms with Crippen LogP contribution in [0.5, 0.6) is 0 Å². The number of aromatic amines is 1. The van der Waals surface area contributed by atoms with Crippen LogP contribution in [0.2, 0.25) is 5.02 Å². The molecule has 0 spiro atoms. The number of hydrogen-bond donors (Lipinski definition) is 1. The zero-order valence-electron chi connectivity index (χ0n) is 11.7. The van der Waals surface area contributed by atoms with Gasteiger partial charge in [-0.1, -0.05) is 25.4 Å². The molecule has 0 saturated carbocycles. The first-order valence-electron chi connectivity index (χ1n) is 7.28. The second-order valence-electron chi connectivity index (χ2n) is 5.42. The molecule has 0 aliphatic carbocycles. The maximum absolute atomic E-state index is 6.14. The highest BCUT2D eigenvalue weighted by molar-refractivity contribution is 6.31. The highest BCUT2D eigenvalue weighted by atomic mass is 35.5. The fraction of sp³-hybridized carbons (Fsp3) is 0.500. The summed E-state index contributed by atoms with van der Waals surface area (Å²) in [5.74, 6) is 0. The molecule has 3 heteroatoms. The normalized spacial score (nSPS) is 19.8. The number of halogens is 1. The van der Waals surface area contributed by atoms with Gasteiger partial charge in [-0.25, -0.2) is 0 Å². The van der Waals surface area contributed by atoms with Gasteiger partial charge in [-0.3, -0.25) is 4.90 Å². The van der Waals surface area contributed by atoms with E-state index in [0.29, 0.717) is 6.04 Å². The smallest absolute Gasteiger partial charge is 0.0499 e. The van der Waals surface area contributed by atoms with Crippen LogP contribution in [0.1, 0.15) is 44.0 Å². The number of benzene rings is 1. The van der Waals surface area contributed by atoms with Crippen molar-refractivity contribution in [2.75, 3.05) is 13.1 Å². The van der Waals surface area contributed by atoms with Gasteiger partial charge in [0.15, 0.2) is 0 Å². The summed E-state index contributed by atoms with van der Waals surface area (Å²) in [6, 6.07) is 6.72. The Morgan fingerprint density at radius 2 is 2.21 bits per heavy atom. The molecule has 1 aliphatic heterocycles. The molecule has 0 bridgehead atoms. The predicted molar refractivity (Wildman–Crippen MR) is 81.9 cm³/mol. The van der Waals surface area contributed by atoms with E-state index < -0.39 is 0 Å². The van der Waals surface area contributed by atoms with Gasteiger partial charge < -0.3 is 4.98 Å². The van der Waals surface area contributed by atoms with Gasteiger partial charge in [0.05, 0.1) is 0 Å². The number of H-pyrrole nitrogens is 1. The molecule has 0 fully saturated rings. The lowest BCUT2D eigenvalue weighted by molar-refractivity contribution is 0.178. The Kier molecular flexibility index (Phi) is 3.55. The maximum atomic E-state index is 6.14. The van der Waals surface area contributed by atoms with Gasteiger partial charge in [-0.05, 0) is 49.6 Å². The first-order chi connectivity index (χ1) is 9.24. The summed E-state index contributed by atoms with van der Waals surface area (Å²) in [5.41, 5.74) is 4.13. The molecule has 1 aromatic carbocycles. The monoisotopic (exact) mass is 276 g/mol. The van der Waals surface area contributed by atoms with Crippen LogP contribution in [0, 0.1) is 0 Å². The minimum atomic E-state index is 0.537. The summed E-state index contributed by atoms with van der Waals surface area (Å²) in [6.45, 7) is 6.89. The van der Waals surface area contributed by atoms with Crippen molar-refractivity contribution in [3.05, 3.63) is 34.5 Å². The van der Waals surface area contributed by atoms with Gasteiger partial charge in [0.25, 0.3) is 0 Å². The van der Waals surface area contributed by atoms with E-state index >= 15 is 0 Å². The van der Waals surface area contributed by atoms with Gasteiger partial charge >= 0.3 is 0 Å². The first kappa shape index (κ1) is 13.0. The molecule has 3 rings (SSSR count). The van der Waals surface area contributed by atoms with Crippen molar-refractivity contribution >= 4 is 22.5 Å². The summed E-state index contributed by atoms with van der Waals surface area (Å²) in [7, 11) is 0.